The van der Waals surface area contributed by atoms with Crippen LogP contribution in [0.5, 0.6) is 5.88 Å². The second kappa shape index (κ2) is 8.35. The molecule has 3 rings (SSSR count). The first-order valence-electron chi connectivity index (χ1n) is 8.53. The van der Waals surface area contributed by atoms with Gasteiger partial charge in [-0.3, -0.25) is 5.32 Å². The van der Waals surface area contributed by atoms with Crippen molar-refractivity contribution in [2.45, 2.75) is 13.3 Å². The summed E-state index contributed by atoms with van der Waals surface area (Å²) in [4.78, 5) is 22.3. The van der Waals surface area contributed by atoms with Crippen LogP contribution in [0.1, 0.15) is 18.9 Å². The molecule has 27 heavy (non-hydrogen) atoms. The van der Waals surface area contributed by atoms with Crippen LogP contribution in [0.25, 0.3) is 6.08 Å². The van der Waals surface area contributed by atoms with Crippen molar-refractivity contribution in [1.29, 1.82) is 0 Å². The summed E-state index contributed by atoms with van der Waals surface area (Å²) in [6.45, 7) is 3.16. The summed E-state index contributed by atoms with van der Waals surface area (Å²) in [5.74, 6) is 0.531. The van der Waals surface area contributed by atoms with Gasteiger partial charge in [-0.1, -0.05) is 30.2 Å². The quantitative estimate of drug-likeness (QED) is 0.851. The molecule has 8 heteroatoms. The summed E-state index contributed by atoms with van der Waals surface area (Å²) in [7, 11) is 1.50. The molecule has 1 fully saturated rings. The summed E-state index contributed by atoms with van der Waals surface area (Å²) in [6, 6.07) is 4.23. The average molecular weight is 391 g/mol. The zero-order valence-electron chi connectivity index (χ0n) is 15.1. The number of methoxy groups -OCH3 is 1. The van der Waals surface area contributed by atoms with Gasteiger partial charge in [0.05, 0.1) is 19.5 Å². The molecular formula is C19H20ClFN4O2. The molecule has 0 saturated carbocycles. The topological polar surface area (TPSA) is 67.3 Å². The summed E-state index contributed by atoms with van der Waals surface area (Å²) in [6.07, 6.45) is 5.55. The highest BCUT2D eigenvalue weighted by Crippen LogP contribution is 2.26. The third-order valence-electron chi connectivity index (χ3n) is 4.39. The van der Waals surface area contributed by atoms with Crippen molar-refractivity contribution in [3.63, 3.8) is 0 Å². The van der Waals surface area contributed by atoms with Gasteiger partial charge < -0.3 is 9.64 Å². The number of nitrogens with zero attached hydrogens (tertiary/aromatic N) is 3. The SMILES string of the molecule is COc1cnc(NC(=O)N2CCC(=Cc3cc(F)cc(Cl)c3)C(C)C2)cn1. The van der Waals surface area contributed by atoms with Crippen LogP contribution in [0.2, 0.25) is 5.02 Å². The lowest BCUT2D eigenvalue weighted by molar-refractivity contribution is 0.197. The summed E-state index contributed by atoms with van der Waals surface area (Å²) >= 11 is 5.92. The Balaban J connectivity index is 1.63. The number of aromatic nitrogens is 2. The number of benzene rings is 1. The van der Waals surface area contributed by atoms with Gasteiger partial charge in [-0.05, 0) is 36.1 Å². The van der Waals surface area contributed by atoms with Crippen molar-refractivity contribution in [3.05, 3.63) is 52.6 Å². The minimum atomic E-state index is -0.362. The number of piperidine rings is 1. The van der Waals surface area contributed by atoms with Gasteiger partial charge >= 0.3 is 6.03 Å². The highest BCUT2D eigenvalue weighted by Gasteiger charge is 2.24. The van der Waals surface area contributed by atoms with Gasteiger partial charge in [0.15, 0.2) is 5.82 Å². The van der Waals surface area contributed by atoms with E-state index in [9.17, 15) is 9.18 Å². The third kappa shape index (κ3) is 4.95. The minimum Gasteiger partial charge on any atom is -0.480 e. The minimum absolute atomic E-state index is 0.147. The third-order valence-corrected chi connectivity index (χ3v) is 4.61. The van der Waals surface area contributed by atoms with Gasteiger partial charge in [-0.2, -0.15) is 0 Å². The fourth-order valence-electron chi connectivity index (χ4n) is 3.00. The molecule has 0 spiro atoms. The number of halogens is 2. The van der Waals surface area contributed by atoms with Crippen molar-refractivity contribution in [3.8, 4) is 5.88 Å². The molecule has 1 N–H and O–H groups in total. The first-order valence-corrected chi connectivity index (χ1v) is 8.91. The number of hydrogen-bond donors (Lipinski definition) is 1. The van der Waals surface area contributed by atoms with E-state index >= 15 is 0 Å². The Morgan fingerprint density at radius 3 is 2.81 bits per heavy atom. The maximum Gasteiger partial charge on any atom is 0.323 e. The molecule has 2 amide bonds. The number of ether oxygens (including phenoxy) is 1. The lowest BCUT2D eigenvalue weighted by Gasteiger charge is -2.33. The Morgan fingerprint density at radius 1 is 1.37 bits per heavy atom. The van der Waals surface area contributed by atoms with Crippen LogP contribution in [0.15, 0.2) is 36.2 Å². The van der Waals surface area contributed by atoms with Crippen molar-refractivity contribution in [2.24, 2.45) is 5.92 Å². The molecule has 1 aromatic heterocycles. The zero-order chi connectivity index (χ0) is 19.4. The van der Waals surface area contributed by atoms with E-state index in [1.807, 2.05) is 13.0 Å². The van der Waals surface area contributed by atoms with Crippen LogP contribution < -0.4 is 10.1 Å². The average Bonchev–Trinajstić information content (AvgIpc) is 2.63. The van der Waals surface area contributed by atoms with Crippen LogP contribution in [-0.4, -0.2) is 41.1 Å². The van der Waals surface area contributed by atoms with Crippen LogP contribution in [0.3, 0.4) is 0 Å². The second-order valence-corrected chi connectivity index (χ2v) is 6.83. The molecule has 1 saturated heterocycles. The van der Waals surface area contributed by atoms with Crippen LogP contribution in [0, 0.1) is 11.7 Å². The van der Waals surface area contributed by atoms with Gasteiger partial charge in [0, 0.05) is 18.1 Å². The Labute approximate surface area is 162 Å². The van der Waals surface area contributed by atoms with E-state index in [0.717, 1.165) is 11.1 Å². The van der Waals surface area contributed by atoms with Crippen LogP contribution in [0.4, 0.5) is 15.0 Å². The molecule has 2 heterocycles. The molecule has 0 radical (unpaired) electrons. The van der Waals surface area contributed by atoms with Crippen molar-refractivity contribution in [1.82, 2.24) is 14.9 Å². The lowest BCUT2D eigenvalue weighted by atomic mass is 9.91. The fourth-order valence-corrected chi connectivity index (χ4v) is 3.23. The van der Waals surface area contributed by atoms with E-state index in [0.29, 0.717) is 36.2 Å². The predicted molar refractivity (Wildman–Crippen MR) is 102 cm³/mol. The van der Waals surface area contributed by atoms with E-state index in [2.05, 4.69) is 15.3 Å². The number of urea groups is 1. The number of nitrogens with one attached hydrogen (secondary N) is 1. The largest absolute Gasteiger partial charge is 0.480 e. The second-order valence-electron chi connectivity index (χ2n) is 6.39. The maximum absolute atomic E-state index is 13.5. The zero-order valence-corrected chi connectivity index (χ0v) is 15.8. The summed E-state index contributed by atoms with van der Waals surface area (Å²) < 4.78 is 18.5. The van der Waals surface area contributed by atoms with E-state index < -0.39 is 0 Å². The standard InChI is InChI=1S/C19H20ClFN4O2/c1-12-11-25(19(26)24-17-9-23-18(27-2)10-22-17)4-3-14(12)5-13-6-15(20)8-16(21)7-13/h5-10,12H,3-4,11H2,1-2H3,(H,22,24,26). The van der Waals surface area contributed by atoms with Crippen molar-refractivity contribution >= 4 is 29.5 Å². The Bertz CT molecular complexity index is 837. The maximum atomic E-state index is 13.5. The number of rotatable bonds is 3. The smallest absolute Gasteiger partial charge is 0.323 e. The van der Waals surface area contributed by atoms with Gasteiger partial charge in [0.1, 0.15) is 5.82 Å². The molecule has 6 nitrogen and oxygen atoms in total. The van der Waals surface area contributed by atoms with Crippen LogP contribution >= 0.6 is 11.6 Å². The first-order chi connectivity index (χ1) is 12.9. The number of carbonyl (C=O) groups excluding carboxylic acids is 1. The van der Waals surface area contributed by atoms with Gasteiger partial charge in [-0.25, -0.2) is 19.2 Å². The van der Waals surface area contributed by atoms with E-state index in [1.165, 1.54) is 31.6 Å². The molecule has 1 atom stereocenters. The lowest BCUT2D eigenvalue weighted by Crippen LogP contribution is -2.42. The Kier molecular flexibility index (Phi) is 5.91. The van der Waals surface area contributed by atoms with Crippen molar-refractivity contribution in [2.75, 3.05) is 25.5 Å². The molecule has 0 aliphatic carbocycles. The molecule has 142 valence electrons. The van der Waals surface area contributed by atoms with Gasteiger partial charge in [-0.15, -0.1) is 0 Å². The van der Waals surface area contributed by atoms with E-state index in [-0.39, 0.29) is 17.8 Å². The van der Waals surface area contributed by atoms with Gasteiger partial charge in [0.25, 0.3) is 0 Å². The molecule has 1 aromatic carbocycles. The predicted octanol–water partition coefficient (Wildman–Crippen LogP) is 4.24. The number of likely N-dealkylation sites (tertiary alicyclic amines) is 1. The Hall–Kier alpha value is -2.67. The molecule has 0 bridgehead atoms. The number of carbonyl (C=O) groups is 1. The molecule has 1 unspecified atom stereocenters. The summed E-state index contributed by atoms with van der Waals surface area (Å²) in [5.41, 5.74) is 1.89. The van der Waals surface area contributed by atoms with E-state index in [4.69, 9.17) is 16.3 Å². The fraction of sp³-hybridized carbons (Fsp3) is 0.316. The monoisotopic (exact) mass is 390 g/mol. The molecule has 1 aliphatic rings. The molecule has 1 aliphatic heterocycles. The van der Waals surface area contributed by atoms with Crippen molar-refractivity contribution < 1.29 is 13.9 Å². The Morgan fingerprint density at radius 2 is 2.19 bits per heavy atom. The highest BCUT2D eigenvalue weighted by atomic mass is 35.5. The molecule has 2 aromatic rings. The molecular weight excluding hydrogens is 371 g/mol. The van der Waals surface area contributed by atoms with Gasteiger partial charge in [0.2, 0.25) is 5.88 Å². The number of hydrogen-bond acceptors (Lipinski definition) is 4. The highest BCUT2D eigenvalue weighted by molar-refractivity contribution is 6.30. The van der Waals surface area contributed by atoms with E-state index in [1.54, 1.807) is 11.0 Å². The number of amides is 2. The van der Waals surface area contributed by atoms with Crippen LogP contribution in [-0.2, 0) is 0 Å². The number of anilines is 1. The first kappa shape index (κ1) is 19.1. The summed E-state index contributed by atoms with van der Waals surface area (Å²) in [5, 5.41) is 3.10. The normalized spacial score (nSPS) is 18.4.